The van der Waals surface area contributed by atoms with Gasteiger partial charge in [-0.3, -0.25) is 4.98 Å². The Morgan fingerprint density at radius 2 is 2.04 bits per heavy atom. The van der Waals surface area contributed by atoms with Crippen molar-refractivity contribution in [2.24, 2.45) is 5.92 Å². The molecule has 1 aliphatic heterocycles. The van der Waals surface area contributed by atoms with E-state index >= 15 is 0 Å². The molecule has 1 amide bonds. The van der Waals surface area contributed by atoms with E-state index in [0.717, 1.165) is 0 Å². The van der Waals surface area contributed by atoms with Gasteiger partial charge in [-0.2, -0.15) is 0 Å². The second-order valence-corrected chi connectivity index (χ2v) is 6.54. The summed E-state index contributed by atoms with van der Waals surface area (Å²) in [6, 6.07) is 7.30. The second kappa shape index (κ2) is 6.75. The number of alkyl halides is 1. The number of amides is 1. The Balaban J connectivity index is 1.59. The average Bonchev–Trinajstić information content (AvgIpc) is 3.00. The van der Waals surface area contributed by atoms with Crippen molar-refractivity contribution in [3.8, 4) is 11.8 Å². The molecule has 4 rings (SSSR count). The highest BCUT2D eigenvalue weighted by atomic mass is 19.1. The van der Waals surface area contributed by atoms with Crippen LogP contribution < -0.4 is 5.32 Å². The van der Waals surface area contributed by atoms with E-state index in [0.29, 0.717) is 29.5 Å². The van der Waals surface area contributed by atoms with E-state index in [-0.39, 0.29) is 5.92 Å². The van der Waals surface area contributed by atoms with E-state index in [1.807, 2.05) is 6.07 Å². The number of alkyl carbamates (subject to hydrolysis) is 1. The lowest BCUT2D eigenvalue weighted by molar-refractivity contribution is 0.132. The van der Waals surface area contributed by atoms with Gasteiger partial charge in [-0.1, -0.05) is 24.0 Å². The number of carbonyl (C=O) groups is 1. The Morgan fingerprint density at radius 3 is 2.81 bits per heavy atom. The van der Waals surface area contributed by atoms with Crippen LogP contribution in [0.3, 0.4) is 0 Å². The largest absolute Gasteiger partial charge is 0.439 e. The van der Waals surface area contributed by atoms with Gasteiger partial charge in [0.15, 0.2) is 6.10 Å². The first-order valence-electron chi connectivity index (χ1n) is 8.41. The predicted octanol–water partition coefficient (Wildman–Crippen LogP) is 3.84. The van der Waals surface area contributed by atoms with Crippen LogP contribution in [0.4, 0.5) is 13.6 Å². The molecule has 26 heavy (non-hydrogen) atoms. The molecule has 2 aliphatic rings. The van der Waals surface area contributed by atoms with Crippen LogP contribution in [0.1, 0.15) is 41.7 Å². The van der Waals surface area contributed by atoms with Gasteiger partial charge in [0.2, 0.25) is 0 Å². The van der Waals surface area contributed by atoms with Gasteiger partial charge in [-0.25, -0.2) is 13.6 Å². The van der Waals surface area contributed by atoms with Crippen molar-refractivity contribution in [3.63, 3.8) is 0 Å². The Morgan fingerprint density at radius 1 is 1.19 bits per heavy atom. The predicted molar refractivity (Wildman–Crippen MR) is 90.2 cm³/mol. The van der Waals surface area contributed by atoms with E-state index in [2.05, 4.69) is 22.1 Å². The minimum atomic E-state index is -0.739. The minimum Gasteiger partial charge on any atom is -0.439 e. The van der Waals surface area contributed by atoms with Crippen LogP contribution in [-0.2, 0) is 4.74 Å². The van der Waals surface area contributed by atoms with Gasteiger partial charge < -0.3 is 10.1 Å². The number of ether oxygens (including phenoxy) is 1. The molecule has 2 fully saturated rings. The fourth-order valence-corrected chi connectivity index (χ4v) is 3.17. The van der Waals surface area contributed by atoms with Crippen LogP contribution >= 0.6 is 0 Å². The molecule has 0 bridgehead atoms. The molecule has 4 nitrogen and oxygen atoms in total. The smallest absolute Gasteiger partial charge is 0.408 e. The minimum absolute atomic E-state index is 0.0863. The topological polar surface area (TPSA) is 51.2 Å². The van der Waals surface area contributed by atoms with Crippen molar-refractivity contribution in [2.45, 2.75) is 31.2 Å². The summed E-state index contributed by atoms with van der Waals surface area (Å²) in [5.41, 5.74) is 1.96. The molecule has 1 saturated carbocycles. The number of nitrogens with one attached hydrogen (secondary N) is 1. The number of nitrogens with zero attached hydrogens (tertiary/aromatic N) is 1. The maximum atomic E-state index is 13.5. The monoisotopic (exact) mass is 354 g/mol. The van der Waals surface area contributed by atoms with Crippen LogP contribution in [-0.4, -0.2) is 17.2 Å². The summed E-state index contributed by atoms with van der Waals surface area (Å²) in [5.74, 6) is 5.75. The van der Waals surface area contributed by atoms with Crippen molar-refractivity contribution in [1.82, 2.24) is 10.3 Å². The molecule has 1 aromatic heterocycles. The highest BCUT2D eigenvalue weighted by Gasteiger charge is 2.36. The molecule has 2 atom stereocenters. The van der Waals surface area contributed by atoms with Gasteiger partial charge in [0.05, 0.1) is 0 Å². The fourth-order valence-electron chi connectivity index (χ4n) is 3.17. The summed E-state index contributed by atoms with van der Waals surface area (Å²) < 4.78 is 31.7. The number of benzene rings is 1. The van der Waals surface area contributed by atoms with Gasteiger partial charge in [0.25, 0.3) is 0 Å². The Kier molecular flexibility index (Phi) is 4.29. The van der Waals surface area contributed by atoms with Gasteiger partial charge in [0, 0.05) is 23.9 Å². The van der Waals surface area contributed by atoms with Crippen molar-refractivity contribution >= 4 is 6.09 Å². The molecule has 132 valence electrons. The summed E-state index contributed by atoms with van der Waals surface area (Å²) in [6.45, 7) is 0. The first-order chi connectivity index (χ1) is 12.6. The average molecular weight is 354 g/mol. The van der Waals surface area contributed by atoms with Gasteiger partial charge in [0.1, 0.15) is 18.0 Å². The Bertz CT molecular complexity index is 900. The van der Waals surface area contributed by atoms with Crippen molar-refractivity contribution in [1.29, 1.82) is 0 Å². The van der Waals surface area contributed by atoms with Crippen LogP contribution in [0.15, 0.2) is 42.7 Å². The molecule has 0 radical (unpaired) electrons. The first kappa shape index (κ1) is 16.5. The highest BCUT2D eigenvalue weighted by Crippen LogP contribution is 2.36. The van der Waals surface area contributed by atoms with Crippen molar-refractivity contribution < 1.29 is 18.3 Å². The van der Waals surface area contributed by atoms with Crippen molar-refractivity contribution in [2.75, 3.05) is 0 Å². The number of cyclic esters (lactones) is 1. The maximum absolute atomic E-state index is 13.5. The zero-order chi connectivity index (χ0) is 18.1. The quantitative estimate of drug-likeness (QED) is 0.834. The normalized spacial score (nSPS) is 26.9. The molecule has 1 N–H and O–H groups in total. The lowest BCUT2D eigenvalue weighted by Gasteiger charge is -2.24. The number of hydrogen-bond acceptors (Lipinski definition) is 3. The Labute approximate surface area is 149 Å². The molecule has 0 unspecified atom stereocenters. The maximum Gasteiger partial charge on any atom is 0.408 e. The third-order valence-corrected chi connectivity index (χ3v) is 4.61. The van der Waals surface area contributed by atoms with Crippen LogP contribution in [0.5, 0.6) is 0 Å². The van der Waals surface area contributed by atoms with Crippen molar-refractivity contribution in [3.05, 3.63) is 65.2 Å². The van der Waals surface area contributed by atoms with Crippen LogP contribution in [0.2, 0.25) is 0 Å². The molecule has 2 aromatic rings. The zero-order valence-corrected chi connectivity index (χ0v) is 13.8. The van der Waals surface area contributed by atoms with Gasteiger partial charge in [-0.05, 0) is 42.2 Å². The standard InChI is InChI=1S/C20H16F2N2O2/c21-16-3-1-2-14(9-16)19-18(24-20(25)26-19)15-6-13(10-23-11-15)5-4-12-7-17(22)8-12/h1-3,6,9-12,17-19H,7-8H2,(H,24,25)/t12-,17+,18-,19-/m1/s1. The van der Waals surface area contributed by atoms with E-state index in [4.69, 9.17) is 4.74 Å². The number of rotatable bonds is 2. The number of carbonyl (C=O) groups excluding carboxylic acids is 1. The van der Waals surface area contributed by atoms with Crippen LogP contribution in [0, 0.1) is 23.6 Å². The first-order valence-corrected chi connectivity index (χ1v) is 8.41. The lowest BCUT2D eigenvalue weighted by Crippen LogP contribution is -2.23. The lowest BCUT2D eigenvalue weighted by atomic mass is 9.84. The number of pyridine rings is 1. The van der Waals surface area contributed by atoms with E-state index in [1.54, 1.807) is 24.5 Å². The Hall–Kier alpha value is -2.94. The van der Waals surface area contributed by atoms with E-state index < -0.39 is 30.2 Å². The fraction of sp³-hybridized carbons (Fsp3) is 0.300. The van der Waals surface area contributed by atoms with E-state index in [9.17, 15) is 13.6 Å². The molecular weight excluding hydrogens is 338 g/mol. The number of halogens is 2. The van der Waals surface area contributed by atoms with Crippen LogP contribution in [0.25, 0.3) is 0 Å². The molecular formula is C20H16F2N2O2. The summed E-state index contributed by atoms with van der Waals surface area (Å²) in [5, 5.41) is 2.74. The number of hydrogen-bond donors (Lipinski definition) is 1. The SMILES string of the molecule is O=C1N[C@H](c2cncc(C#C[C@H]3C[C@@H](F)C3)c2)[C@@H](c2cccc(F)c2)O1. The van der Waals surface area contributed by atoms with Gasteiger partial charge in [-0.15, -0.1) is 0 Å². The third-order valence-electron chi connectivity index (χ3n) is 4.61. The molecule has 1 aromatic carbocycles. The molecule has 0 spiro atoms. The van der Waals surface area contributed by atoms with E-state index in [1.165, 1.54) is 12.1 Å². The summed E-state index contributed by atoms with van der Waals surface area (Å²) >= 11 is 0. The summed E-state index contributed by atoms with van der Waals surface area (Å²) in [6.07, 6.45) is 2.25. The third kappa shape index (κ3) is 3.38. The molecule has 1 aliphatic carbocycles. The molecule has 1 saturated heterocycles. The highest BCUT2D eigenvalue weighted by molar-refractivity contribution is 5.71. The summed E-state index contributed by atoms with van der Waals surface area (Å²) in [4.78, 5) is 15.9. The van der Waals surface area contributed by atoms with Gasteiger partial charge >= 0.3 is 6.09 Å². The molecule has 2 heterocycles. The number of aromatic nitrogens is 1. The summed E-state index contributed by atoms with van der Waals surface area (Å²) in [7, 11) is 0. The molecule has 6 heteroatoms. The second-order valence-electron chi connectivity index (χ2n) is 6.54. The zero-order valence-electron chi connectivity index (χ0n) is 13.8.